The number of nitrogens with zero attached hydrogens (tertiary/aromatic N) is 1. The first kappa shape index (κ1) is 11.9. The molecule has 0 fully saturated rings. The Balaban J connectivity index is 2.49. The molecule has 1 aromatic carbocycles. The van der Waals surface area contributed by atoms with Crippen LogP contribution in [0.1, 0.15) is 23.6 Å². The molecule has 0 amide bonds. The molecule has 1 aromatic rings. The molecule has 1 unspecified atom stereocenters. The van der Waals surface area contributed by atoms with Crippen molar-refractivity contribution in [2.24, 2.45) is 4.99 Å². The molecule has 0 aliphatic heterocycles. The van der Waals surface area contributed by atoms with Crippen molar-refractivity contribution in [3.63, 3.8) is 0 Å². The molecule has 0 saturated heterocycles. The van der Waals surface area contributed by atoms with E-state index < -0.39 is 17.3 Å². The van der Waals surface area contributed by atoms with Gasteiger partial charge in [-0.15, -0.1) is 0 Å². The summed E-state index contributed by atoms with van der Waals surface area (Å²) in [5.74, 6) is 0. The molecule has 0 spiro atoms. The van der Waals surface area contributed by atoms with Crippen LogP contribution in [-0.2, 0) is 23.8 Å². The second-order valence-electron chi connectivity index (χ2n) is 4.49. The highest BCUT2D eigenvalue weighted by Crippen LogP contribution is 2.40. The molecule has 90 valence electrons. The van der Waals surface area contributed by atoms with E-state index in [2.05, 4.69) is 4.99 Å². The van der Waals surface area contributed by atoms with Gasteiger partial charge in [0.05, 0.1) is 11.1 Å². The number of rotatable bonds is 1. The van der Waals surface area contributed by atoms with E-state index in [1.54, 1.807) is 13.0 Å². The standard InChI is InChI=1S/C12H10F3NO/c1-11(16-7-17)5-8-3-2-4-10(9(8)6-11)12(13,14)15/h2-4H,5-6H2,1H3. The second-order valence-corrected chi connectivity index (χ2v) is 4.49. The van der Waals surface area contributed by atoms with Crippen molar-refractivity contribution in [1.82, 2.24) is 0 Å². The van der Waals surface area contributed by atoms with Crippen LogP contribution in [-0.4, -0.2) is 11.6 Å². The van der Waals surface area contributed by atoms with Crippen LogP contribution in [0.4, 0.5) is 13.2 Å². The van der Waals surface area contributed by atoms with Gasteiger partial charge in [0.2, 0.25) is 6.08 Å². The van der Waals surface area contributed by atoms with Crippen molar-refractivity contribution < 1.29 is 18.0 Å². The molecule has 2 rings (SSSR count). The Morgan fingerprint density at radius 3 is 2.65 bits per heavy atom. The van der Waals surface area contributed by atoms with Gasteiger partial charge in [-0.3, -0.25) is 0 Å². The zero-order chi connectivity index (χ0) is 12.7. The first-order valence-corrected chi connectivity index (χ1v) is 5.13. The molecule has 0 N–H and O–H groups in total. The van der Waals surface area contributed by atoms with Gasteiger partial charge < -0.3 is 0 Å². The zero-order valence-corrected chi connectivity index (χ0v) is 9.14. The lowest BCUT2D eigenvalue weighted by atomic mass is 9.99. The molecule has 0 bridgehead atoms. The maximum Gasteiger partial charge on any atom is 0.416 e. The average Bonchev–Trinajstić information content (AvgIpc) is 2.51. The van der Waals surface area contributed by atoms with Crippen molar-refractivity contribution in [2.45, 2.75) is 31.5 Å². The lowest BCUT2D eigenvalue weighted by Gasteiger charge is -2.15. The van der Waals surface area contributed by atoms with Crippen LogP contribution in [0.15, 0.2) is 23.2 Å². The number of benzene rings is 1. The van der Waals surface area contributed by atoms with Crippen molar-refractivity contribution >= 4 is 6.08 Å². The van der Waals surface area contributed by atoms with Crippen LogP contribution in [0, 0.1) is 0 Å². The molecule has 1 aliphatic rings. The molecular formula is C12H10F3NO. The molecule has 1 aliphatic carbocycles. The monoisotopic (exact) mass is 241 g/mol. The fourth-order valence-corrected chi connectivity index (χ4v) is 2.32. The fourth-order valence-electron chi connectivity index (χ4n) is 2.32. The molecule has 0 aromatic heterocycles. The van der Waals surface area contributed by atoms with E-state index in [4.69, 9.17) is 0 Å². The lowest BCUT2D eigenvalue weighted by Crippen LogP contribution is -2.22. The Hall–Kier alpha value is -1.61. The summed E-state index contributed by atoms with van der Waals surface area (Å²) in [5.41, 5.74) is -0.548. The summed E-state index contributed by atoms with van der Waals surface area (Å²) >= 11 is 0. The maximum atomic E-state index is 12.8. The van der Waals surface area contributed by atoms with Crippen molar-refractivity contribution in [3.05, 3.63) is 34.9 Å². The quantitative estimate of drug-likeness (QED) is 0.549. The molecular weight excluding hydrogens is 231 g/mol. The third kappa shape index (κ3) is 2.11. The summed E-state index contributed by atoms with van der Waals surface area (Å²) in [6.45, 7) is 1.66. The lowest BCUT2D eigenvalue weighted by molar-refractivity contribution is -0.138. The second kappa shape index (κ2) is 3.70. The predicted molar refractivity (Wildman–Crippen MR) is 55.4 cm³/mol. The number of hydrogen-bond donors (Lipinski definition) is 0. The summed E-state index contributed by atoms with van der Waals surface area (Å²) in [7, 11) is 0. The molecule has 2 nitrogen and oxygen atoms in total. The number of isocyanates is 1. The van der Waals surface area contributed by atoms with Crippen LogP contribution in [0.2, 0.25) is 0 Å². The number of aliphatic imine (C=N–C) groups is 1. The third-order valence-electron chi connectivity index (χ3n) is 3.02. The molecule has 1 atom stereocenters. The van der Waals surface area contributed by atoms with Gasteiger partial charge in [-0.25, -0.2) is 4.79 Å². The van der Waals surface area contributed by atoms with Crippen LogP contribution in [0.5, 0.6) is 0 Å². The number of hydrogen-bond acceptors (Lipinski definition) is 2. The van der Waals surface area contributed by atoms with Crippen LogP contribution in [0.25, 0.3) is 0 Å². The van der Waals surface area contributed by atoms with Gasteiger partial charge in [-0.1, -0.05) is 12.1 Å². The van der Waals surface area contributed by atoms with Gasteiger partial charge in [0.25, 0.3) is 0 Å². The van der Waals surface area contributed by atoms with E-state index in [0.29, 0.717) is 12.0 Å². The van der Waals surface area contributed by atoms with Gasteiger partial charge in [-0.2, -0.15) is 18.2 Å². The summed E-state index contributed by atoms with van der Waals surface area (Å²) in [5, 5.41) is 0. The van der Waals surface area contributed by atoms with E-state index in [9.17, 15) is 18.0 Å². The van der Waals surface area contributed by atoms with E-state index in [1.807, 2.05) is 0 Å². The predicted octanol–water partition coefficient (Wildman–Crippen LogP) is 2.90. The molecule has 17 heavy (non-hydrogen) atoms. The summed E-state index contributed by atoms with van der Waals surface area (Å²) in [4.78, 5) is 13.9. The summed E-state index contributed by atoms with van der Waals surface area (Å²) in [6.07, 6.45) is -2.44. The SMILES string of the molecule is CC1(N=C=O)Cc2cccc(C(F)(F)F)c2C1. The molecule has 0 heterocycles. The number of carbonyl (C=O) groups excluding carboxylic acids is 1. The highest BCUT2D eigenvalue weighted by molar-refractivity contribution is 5.45. The number of fused-ring (bicyclic) bond motifs is 1. The molecule has 0 radical (unpaired) electrons. The van der Waals surface area contributed by atoms with Crippen molar-refractivity contribution in [2.75, 3.05) is 0 Å². The first-order chi connectivity index (χ1) is 7.86. The van der Waals surface area contributed by atoms with Crippen molar-refractivity contribution in [3.8, 4) is 0 Å². The first-order valence-electron chi connectivity index (χ1n) is 5.13. The smallest absolute Gasteiger partial charge is 0.211 e. The summed E-state index contributed by atoms with van der Waals surface area (Å²) < 4.78 is 38.3. The maximum absolute atomic E-state index is 12.8. The third-order valence-corrected chi connectivity index (χ3v) is 3.02. The Bertz CT molecular complexity index is 503. The van der Waals surface area contributed by atoms with Crippen LogP contribution in [0.3, 0.4) is 0 Å². The van der Waals surface area contributed by atoms with Crippen molar-refractivity contribution in [1.29, 1.82) is 0 Å². The Kier molecular flexibility index (Phi) is 2.59. The van der Waals surface area contributed by atoms with Crippen LogP contribution < -0.4 is 0 Å². The minimum Gasteiger partial charge on any atom is -0.211 e. The average molecular weight is 241 g/mol. The van der Waals surface area contributed by atoms with Gasteiger partial charge in [-0.05, 0) is 37.0 Å². The Morgan fingerprint density at radius 2 is 2.06 bits per heavy atom. The topological polar surface area (TPSA) is 29.4 Å². The minimum atomic E-state index is -4.36. The Labute approximate surface area is 96.2 Å². The molecule has 5 heteroatoms. The van der Waals surface area contributed by atoms with Gasteiger partial charge in [0.15, 0.2) is 0 Å². The van der Waals surface area contributed by atoms with E-state index in [-0.39, 0.29) is 12.0 Å². The summed E-state index contributed by atoms with van der Waals surface area (Å²) in [6, 6.07) is 4.10. The largest absolute Gasteiger partial charge is 0.416 e. The van der Waals surface area contributed by atoms with Gasteiger partial charge in [0, 0.05) is 0 Å². The van der Waals surface area contributed by atoms with E-state index >= 15 is 0 Å². The fraction of sp³-hybridized carbons (Fsp3) is 0.417. The molecule has 0 saturated carbocycles. The number of halogens is 3. The zero-order valence-electron chi connectivity index (χ0n) is 9.14. The minimum absolute atomic E-state index is 0.132. The van der Waals surface area contributed by atoms with E-state index in [1.165, 1.54) is 12.1 Å². The van der Waals surface area contributed by atoms with E-state index in [0.717, 1.165) is 6.07 Å². The number of alkyl halides is 3. The normalized spacial score (nSPS) is 23.1. The van der Waals surface area contributed by atoms with Crippen LogP contribution >= 0.6 is 0 Å². The Morgan fingerprint density at radius 1 is 1.35 bits per heavy atom. The van der Waals surface area contributed by atoms with Gasteiger partial charge in [0.1, 0.15) is 0 Å². The highest BCUT2D eigenvalue weighted by atomic mass is 19.4. The van der Waals surface area contributed by atoms with Gasteiger partial charge >= 0.3 is 6.18 Å². The highest BCUT2D eigenvalue weighted by Gasteiger charge is 2.40.